The van der Waals surface area contributed by atoms with Crippen molar-refractivity contribution < 1.29 is 26.5 Å². The Morgan fingerprint density at radius 3 is 2.41 bits per heavy atom. The number of carbonyl (C=O) groups excluding carboxylic acids is 1. The molecule has 0 aliphatic carbocycles. The van der Waals surface area contributed by atoms with E-state index in [2.05, 4.69) is 36.3 Å². The van der Waals surface area contributed by atoms with Crippen LogP contribution in [0.2, 0.25) is 0 Å². The molecule has 2 aliphatic heterocycles. The predicted octanol–water partition coefficient (Wildman–Crippen LogP) is 5.16. The topological polar surface area (TPSA) is 83.7 Å². The van der Waals surface area contributed by atoms with Crippen molar-refractivity contribution in [1.82, 2.24) is 14.4 Å². The van der Waals surface area contributed by atoms with Gasteiger partial charge in [-0.2, -0.15) is 4.31 Å². The molecule has 5 rings (SSSR count). The van der Waals surface area contributed by atoms with Crippen LogP contribution in [-0.4, -0.2) is 54.9 Å². The van der Waals surface area contributed by atoms with E-state index in [0.29, 0.717) is 31.8 Å². The zero-order valence-corrected chi connectivity index (χ0v) is 22.8. The van der Waals surface area contributed by atoms with Crippen LogP contribution in [0.25, 0.3) is 12.2 Å². The van der Waals surface area contributed by atoms with Crippen molar-refractivity contribution in [1.29, 1.82) is 0 Å². The molecule has 2 saturated heterocycles. The number of hydrogen-bond acceptors (Lipinski definition) is 5. The van der Waals surface area contributed by atoms with Crippen molar-refractivity contribution in [3.8, 4) is 0 Å². The molecule has 2 fully saturated rings. The van der Waals surface area contributed by atoms with Gasteiger partial charge in [0, 0.05) is 49.6 Å². The molecular formula is C29H31F2N3O4S. The minimum absolute atomic E-state index is 0.0337. The van der Waals surface area contributed by atoms with Crippen molar-refractivity contribution in [3.05, 3.63) is 82.2 Å². The molecule has 7 nitrogen and oxygen atoms in total. The molecule has 0 bridgehead atoms. The summed E-state index contributed by atoms with van der Waals surface area (Å²) in [4.78, 5) is 15.1. The maximum absolute atomic E-state index is 14.0. The third-order valence-electron chi connectivity index (χ3n) is 7.66. The van der Waals surface area contributed by atoms with Crippen molar-refractivity contribution in [2.75, 3.05) is 26.2 Å². The van der Waals surface area contributed by atoms with Crippen molar-refractivity contribution in [2.45, 2.75) is 43.9 Å². The van der Waals surface area contributed by atoms with Crippen LogP contribution in [0.15, 0.2) is 51.9 Å². The molecule has 1 aromatic heterocycles. The largest absolute Gasteiger partial charge is 0.355 e. The zero-order chi connectivity index (χ0) is 27.7. The van der Waals surface area contributed by atoms with Crippen LogP contribution >= 0.6 is 0 Å². The van der Waals surface area contributed by atoms with Gasteiger partial charge in [-0.1, -0.05) is 35.0 Å². The van der Waals surface area contributed by atoms with Gasteiger partial charge in [0.25, 0.3) is 0 Å². The van der Waals surface area contributed by atoms with Gasteiger partial charge in [0.2, 0.25) is 15.9 Å². The lowest BCUT2D eigenvalue weighted by Gasteiger charge is -2.32. The molecule has 206 valence electrons. The first-order valence-corrected chi connectivity index (χ1v) is 14.5. The van der Waals surface area contributed by atoms with E-state index in [9.17, 15) is 22.0 Å². The van der Waals surface area contributed by atoms with Gasteiger partial charge in [-0.25, -0.2) is 17.2 Å². The number of nitrogens with zero attached hydrogens (tertiary/aromatic N) is 3. The summed E-state index contributed by atoms with van der Waals surface area (Å²) in [5, 5.41) is 3.81. The Balaban J connectivity index is 1.23. The zero-order valence-electron chi connectivity index (χ0n) is 21.9. The maximum Gasteiger partial charge on any atom is 0.248 e. The van der Waals surface area contributed by atoms with Crippen LogP contribution in [0, 0.1) is 31.4 Å². The molecule has 2 aliphatic rings. The molecule has 10 heteroatoms. The van der Waals surface area contributed by atoms with E-state index in [0.717, 1.165) is 18.6 Å². The second kappa shape index (κ2) is 11.0. The number of benzene rings is 2. The maximum atomic E-state index is 14.0. The Morgan fingerprint density at radius 1 is 1.00 bits per heavy atom. The number of carbonyl (C=O) groups is 1. The number of amides is 1. The van der Waals surface area contributed by atoms with Crippen LogP contribution < -0.4 is 0 Å². The van der Waals surface area contributed by atoms with Gasteiger partial charge in [0.15, 0.2) is 10.7 Å². The molecule has 1 amide bonds. The van der Waals surface area contributed by atoms with E-state index >= 15 is 0 Å². The fourth-order valence-corrected chi connectivity index (χ4v) is 7.12. The Bertz CT molecular complexity index is 1490. The lowest BCUT2D eigenvalue weighted by atomic mass is 9.96. The van der Waals surface area contributed by atoms with E-state index in [-0.39, 0.29) is 46.8 Å². The van der Waals surface area contributed by atoms with E-state index < -0.39 is 21.7 Å². The summed E-state index contributed by atoms with van der Waals surface area (Å²) in [6.45, 7) is 5.38. The van der Waals surface area contributed by atoms with Gasteiger partial charge in [-0.3, -0.25) is 4.79 Å². The Morgan fingerprint density at radius 2 is 1.72 bits per heavy atom. The number of halogens is 2. The monoisotopic (exact) mass is 555 g/mol. The van der Waals surface area contributed by atoms with Gasteiger partial charge in [-0.05, 0) is 63.0 Å². The Labute approximate surface area is 227 Å². The molecule has 0 radical (unpaired) electrons. The average Bonchev–Trinajstić information content (AvgIpc) is 3.56. The highest BCUT2D eigenvalue weighted by Gasteiger charge is 2.38. The van der Waals surface area contributed by atoms with Crippen molar-refractivity contribution >= 4 is 28.1 Å². The number of hydrogen-bond donors (Lipinski definition) is 0. The predicted molar refractivity (Wildman–Crippen MR) is 143 cm³/mol. The highest BCUT2D eigenvalue weighted by molar-refractivity contribution is 7.89. The highest BCUT2D eigenvalue weighted by Crippen LogP contribution is 2.32. The molecule has 0 spiro atoms. The molecule has 0 N–H and O–H groups in total. The van der Waals surface area contributed by atoms with Gasteiger partial charge in [-0.15, -0.1) is 0 Å². The smallest absolute Gasteiger partial charge is 0.248 e. The summed E-state index contributed by atoms with van der Waals surface area (Å²) in [7, 11) is -3.97. The molecule has 1 atom stereocenters. The number of likely N-dealkylation sites (tertiary alicyclic amines) is 1. The van der Waals surface area contributed by atoms with Crippen LogP contribution in [0.3, 0.4) is 0 Å². The lowest BCUT2D eigenvalue weighted by Crippen LogP contribution is -2.44. The fraction of sp³-hybridized carbons (Fsp3) is 0.379. The van der Waals surface area contributed by atoms with Gasteiger partial charge < -0.3 is 9.42 Å². The summed E-state index contributed by atoms with van der Waals surface area (Å²) < 4.78 is 60.9. The molecule has 0 saturated carbocycles. The van der Waals surface area contributed by atoms with Crippen LogP contribution in [0.5, 0.6) is 0 Å². The summed E-state index contributed by atoms with van der Waals surface area (Å²) in [6, 6.07) is 11.6. The minimum atomic E-state index is -3.97. The van der Waals surface area contributed by atoms with Gasteiger partial charge >= 0.3 is 0 Å². The van der Waals surface area contributed by atoms with E-state index in [1.807, 2.05) is 4.90 Å². The Hall–Kier alpha value is -3.37. The normalized spacial score (nSPS) is 19.3. The van der Waals surface area contributed by atoms with Crippen LogP contribution in [0.1, 0.15) is 53.3 Å². The van der Waals surface area contributed by atoms with Gasteiger partial charge in [0.1, 0.15) is 17.3 Å². The van der Waals surface area contributed by atoms with Crippen LogP contribution in [0.4, 0.5) is 8.78 Å². The molecule has 1 unspecified atom stereocenters. The number of rotatable bonds is 6. The molecule has 39 heavy (non-hydrogen) atoms. The number of aryl methyl sites for hydroxylation is 2. The molecule has 3 heterocycles. The van der Waals surface area contributed by atoms with Crippen molar-refractivity contribution in [2.24, 2.45) is 5.92 Å². The second-order valence-electron chi connectivity index (χ2n) is 10.3. The molecule has 2 aromatic carbocycles. The van der Waals surface area contributed by atoms with E-state index in [4.69, 9.17) is 4.52 Å². The standard InChI is InChI=1S/C29H31F2N3O4S/c1-19-3-5-21(6-4-19)24-11-14-33(18-24)29(35)23-12-15-34(16-13-23)39(36,37)28-20(2)32-38-27(28)10-8-22-7-9-25(30)17-26(22)31/h3-10,17,23-24H,11-16,18H2,1-2H3. The minimum Gasteiger partial charge on any atom is -0.355 e. The first-order chi connectivity index (χ1) is 18.6. The second-order valence-corrected chi connectivity index (χ2v) is 12.2. The number of piperidine rings is 1. The molecule has 3 aromatic rings. The van der Waals surface area contributed by atoms with Gasteiger partial charge in [0.05, 0.1) is 0 Å². The first kappa shape index (κ1) is 27.2. The summed E-state index contributed by atoms with van der Waals surface area (Å²) >= 11 is 0. The van der Waals surface area contributed by atoms with Crippen LogP contribution in [-0.2, 0) is 14.8 Å². The fourth-order valence-electron chi connectivity index (χ4n) is 5.40. The van der Waals surface area contributed by atoms with E-state index in [1.54, 1.807) is 0 Å². The summed E-state index contributed by atoms with van der Waals surface area (Å²) in [5.41, 5.74) is 2.72. The molecular weight excluding hydrogens is 524 g/mol. The van der Waals surface area contributed by atoms with Crippen molar-refractivity contribution in [3.63, 3.8) is 0 Å². The third-order valence-corrected chi connectivity index (χ3v) is 9.72. The SMILES string of the molecule is Cc1ccc(C2CCN(C(=O)C3CCN(S(=O)(=O)c4c(C)noc4C=Cc4ccc(F)cc4F)CC3)C2)cc1. The quantitative estimate of drug-likeness (QED) is 0.420. The number of aromatic nitrogens is 1. The summed E-state index contributed by atoms with van der Waals surface area (Å²) in [6.07, 6.45) is 4.42. The Kier molecular flexibility index (Phi) is 7.68. The number of sulfonamides is 1. The third kappa shape index (κ3) is 5.67. The average molecular weight is 556 g/mol. The highest BCUT2D eigenvalue weighted by atomic mass is 32.2. The lowest BCUT2D eigenvalue weighted by molar-refractivity contribution is -0.135. The first-order valence-electron chi connectivity index (χ1n) is 13.1. The van der Waals surface area contributed by atoms with E-state index in [1.165, 1.54) is 40.6 Å². The summed E-state index contributed by atoms with van der Waals surface area (Å²) in [5.74, 6) is -1.33.